The fourth-order valence-corrected chi connectivity index (χ4v) is 3.00. The summed E-state index contributed by atoms with van der Waals surface area (Å²) in [4.78, 5) is 2.28. The molecule has 0 aromatic heterocycles. The average Bonchev–Trinajstić information content (AvgIpc) is 2.62. The van der Waals surface area contributed by atoms with Gasteiger partial charge in [0.2, 0.25) is 0 Å². The highest BCUT2D eigenvalue weighted by molar-refractivity contribution is 5.90. The second-order valence-corrected chi connectivity index (χ2v) is 5.79. The van der Waals surface area contributed by atoms with Crippen LogP contribution in [-0.4, -0.2) is 13.6 Å². The van der Waals surface area contributed by atoms with E-state index in [-0.39, 0.29) is 0 Å². The van der Waals surface area contributed by atoms with Crippen molar-refractivity contribution in [1.29, 1.82) is 5.26 Å². The molecule has 0 aliphatic heterocycles. The molecule has 0 radical (unpaired) electrons. The predicted molar refractivity (Wildman–Crippen MR) is 96.7 cm³/mol. The molecule has 0 spiro atoms. The number of benzene rings is 3. The first-order valence-electron chi connectivity index (χ1n) is 7.96. The van der Waals surface area contributed by atoms with Crippen LogP contribution in [0.2, 0.25) is 0 Å². The van der Waals surface area contributed by atoms with E-state index >= 15 is 0 Å². The normalized spacial score (nSPS) is 10.4. The number of anilines is 1. The van der Waals surface area contributed by atoms with Crippen LogP contribution in [0.25, 0.3) is 10.8 Å². The highest BCUT2D eigenvalue weighted by atomic mass is 15.1. The van der Waals surface area contributed by atoms with E-state index in [2.05, 4.69) is 54.4 Å². The third-order valence-corrected chi connectivity index (χ3v) is 4.27. The van der Waals surface area contributed by atoms with Crippen LogP contribution in [-0.2, 0) is 6.42 Å². The minimum Gasteiger partial charge on any atom is -0.375 e. The topological polar surface area (TPSA) is 27.0 Å². The fraction of sp³-hybridized carbons (Fsp3) is 0.190. The molecule has 0 aliphatic carbocycles. The number of nitriles is 1. The van der Waals surface area contributed by atoms with Crippen molar-refractivity contribution >= 4 is 16.5 Å². The van der Waals surface area contributed by atoms with Gasteiger partial charge in [0, 0.05) is 19.3 Å². The Morgan fingerprint density at radius 1 is 0.870 bits per heavy atom. The third-order valence-electron chi connectivity index (χ3n) is 4.27. The van der Waals surface area contributed by atoms with Gasteiger partial charge in [-0.1, -0.05) is 48.5 Å². The zero-order valence-electron chi connectivity index (χ0n) is 13.4. The van der Waals surface area contributed by atoms with Crippen molar-refractivity contribution in [3.05, 3.63) is 77.9 Å². The molecule has 3 rings (SSSR count). The number of nitrogens with zero attached hydrogens (tertiary/aromatic N) is 2. The van der Waals surface area contributed by atoms with Crippen LogP contribution >= 0.6 is 0 Å². The minimum atomic E-state index is 0.755. The molecule has 114 valence electrons. The van der Waals surface area contributed by atoms with Gasteiger partial charge >= 0.3 is 0 Å². The molecule has 0 atom stereocenters. The van der Waals surface area contributed by atoms with Gasteiger partial charge in [-0.3, -0.25) is 0 Å². The molecule has 2 heteroatoms. The Kier molecular flexibility index (Phi) is 4.59. The molecule has 0 fully saturated rings. The van der Waals surface area contributed by atoms with Gasteiger partial charge in [0.25, 0.3) is 0 Å². The van der Waals surface area contributed by atoms with Crippen molar-refractivity contribution < 1.29 is 0 Å². The molecule has 3 aromatic carbocycles. The van der Waals surface area contributed by atoms with E-state index < -0.39 is 0 Å². The number of rotatable bonds is 5. The van der Waals surface area contributed by atoms with Gasteiger partial charge in [0.15, 0.2) is 0 Å². The number of aryl methyl sites for hydroxylation is 1. The molecule has 0 bridgehead atoms. The number of hydrogen-bond donors (Lipinski definition) is 0. The van der Waals surface area contributed by atoms with Gasteiger partial charge in [0.1, 0.15) is 0 Å². The first-order chi connectivity index (χ1) is 11.3. The molecular weight excluding hydrogens is 280 g/mol. The van der Waals surface area contributed by atoms with Crippen LogP contribution < -0.4 is 4.90 Å². The lowest BCUT2D eigenvalue weighted by Crippen LogP contribution is -2.18. The van der Waals surface area contributed by atoms with Crippen molar-refractivity contribution in [3.8, 4) is 6.07 Å². The first kappa shape index (κ1) is 15.1. The summed E-state index contributed by atoms with van der Waals surface area (Å²) >= 11 is 0. The predicted octanol–water partition coefficient (Wildman–Crippen LogP) is 4.78. The van der Waals surface area contributed by atoms with E-state index in [1.165, 1.54) is 16.6 Å². The molecule has 3 aromatic rings. The Balaban J connectivity index is 1.72. The van der Waals surface area contributed by atoms with Gasteiger partial charge in [0.05, 0.1) is 11.6 Å². The van der Waals surface area contributed by atoms with E-state index in [0.29, 0.717) is 0 Å². The molecule has 0 saturated heterocycles. The summed E-state index contributed by atoms with van der Waals surface area (Å²) in [5, 5.41) is 11.5. The van der Waals surface area contributed by atoms with E-state index in [9.17, 15) is 5.26 Å². The van der Waals surface area contributed by atoms with E-state index in [1.807, 2.05) is 30.3 Å². The lowest BCUT2D eigenvalue weighted by molar-refractivity contribution is 0.789. The van der Waals surface area contributed by atoms with Crippen LogP contribution in [0, 0.1) is 11.3 Å². The van der Waals surface area contributed by atoms with Crippen LogP contribution in [0.5, 0.6) is 0 Å². The fourth-order valence-electron chi connectivity index (χ4n) is 3.00. The lowest BCUT2D eigenvalue weighted by Gasteiger charge is -2.19. The van der Waals surface area contributed by atoms with E-state index in [0.717, 1.165) is 30.3 Å². The SMILES string of the molecule is CN(CCCc1ccc(C#N)c2ccccc12)c1ccccc1. The molecule has 0 unspecified atom stereocenters. The largest absolute Gasteiger partial charge is 0.375 e. The van der Waals surface area contributed by atoms with E-state index in [1.54, 1.807) is 0 Å². The molecule has 0 saturated carbocycles. The van der Waals surface area contributed by atoms with Crippen LogP contribution in [0.4, 0.5) is 5.69 Å². The van der Waals surface area contributed by atoms with Crippen LogP contribution in [0.3, 0.4) is 0 Å². The third kappa shape index (κ3) is 3.35. The van der Waals surface area contributed by atoms with Crippen LogP contribution in [0.1, 0.15) is 17.5 Å². The van der Waals surface area contributed by atoms with Gasteiger partial charge in [-0.05, 0) is 47.4 Å². The zero-order chi connectivity index (χ0) is 16.1. The van der Waals surface area contributed by atoms with Crippen molar-refractivity contribution in [2.75, 3.05) is 18.5 Å². The summed E-state index contributed by atoms with van der Waals surface area (Å²) in [6, 6.07) is 25.0. The number of fused-ring (bicyclic) bond motifs is 1. The quantitative estimate of drug-likeness (QED) is 0.678. The Labute approximate surface area is 137 Å². The van der Waals surface area contributed by atoms with Crippen molar-refractivity contribution in [3.63, 3.8) is 0 Å². The maximum absolute atomic E-state index is 9.24. The Morgan fingerprint density at radius 2 is 1.57 bits per heavy atom. The summed E-state index contributed by atoms with van der Waals surface area (Å²) in [6.07, 6.45) is 2.10. The summed E-state index contributed by atoms with van der Waals surface area (Å²) in [5.74, 6) is 0. The number of hydrogen-bond acceptors (Lipinski definition) is 2. The molecule has 0 aliphatic rings. The molecular formula is C21H20N2. The zero-order valence-corrected chi connectivity index (χ0v) is 13.4. The highest BCUT2D eigenvalue weighted by Crippen LogP contribution is 2.23. The molecule has 0 heterocycles. The molecule has 0 N–H and O–H groups in total. The second kappa shape index (κ2) is 6.98. The maximum atomic E-state index is 9.24. The van der Waals surface area contributed by atoms with Crippen molar-refractivity contribution in [2.24, 2.45) is 0 Å². The van der Waals surface area contributed by atoms with Gasteiger partial charge in [-0.25, -0.2) is 0 Å². The first-order valence-corrected chi connectivity index (χ1v) is 7.96. The summed E-state index contributed by atoms with van der Waals surface area (Å²) in [5.41, 5.74) is 3.32. The summed E-state index contributed by atoms with van der Waals surface area (Å²) in [6.45, 7) is 1.01. The highest BCUT2D eigenvalue weighted by Gasteiger charge is 2.06. The lowest BCUT2D eigenvalue weighted by atomic mass is 9.97. The van der Waals surface area contributed by atoms with Gasteiger partial charge in [-0.2, -0.15) is 5.26 Å². The molecule has 23 heavy (non-hydrogen) atoms. The Hall–Kier alpha value is -2.79. The smallest absolute Gasteiger partial charge is 0.0998 e. The number of para-hydroxylation sites is 1. The van der Waals surface area contributed by atoms with Crippen LogP contribution in [0.15, 0.2) is 66.7 Å². The summed E-state index contributed by atoms with van der Waals surface area (Å²) in [7, 11) is 2.13. The minimum absolute atomic E-state index is 0.755. The monoisotopic (exact) mass is 300 g/mol. The van der Waals surface area contributed by atoms with Gasteiger partial charge < -0.3 is 4.90 Å². The summed E-state index contributed by atoms with van der Waals surface area (Å²) < 4.78 is 0. The van der Waals surface area contributed by atoms with Crippen molar-refractivity contribution in [1.82, 2.24) is 0 Å². The maximum Gasteiger partial charge on any atom is 0.0998 e. The Bertz CT molecular complexity index is 831. The van der Waals surface area contributed by atoms with E-state index in [4.69, 9.17) is 0 Å². The Morgan fingerprint density at radius 3 is 2.30 bits per heavy atom. The van der Waals surface area contributed by atoms with Crippen molar-refractivity contribution in [2.45, 2.75) is 12.8 Å². The molecule has 0 amide bonds. The van der Waals surface area contributed by atoms with Gasteiger partial charge in [-0.15, -0.1) is 0 Å². The standard InChI is InChI=1S/C21H20N2/c1-23(19-9-3-2-4-10-19)15-7-8-17-13-14-18(16-22)21-12-6-5-11-20(17)21/h2-6,9-14H,7-8,15H2,1H3. The molecule has 2 nitrogen and oxygen atoms in total. The second-order valence-electron chi connectivity index (χ2n) is 5.79. The average molecular weight is 300 g/mol.